The average Bonchev–Trinajstić information content (AvgIpc) is 3.08. The molecule has 1 aliphatic rings. The number of ether oxygens (including phenoxy) is 1. The zero-order chi connectivity index (χ0) is 23.4. The van der Waals surface area contributed by atoms with Crippen molar-refractivity contribution >= 4 is 12.1 Å². The summed E-state index contributed by atoms with van der Waals surface area (Å²) in [6.07, 6.45) is 1.72. The van der Waals surface area contributed by atoms with Crippen LogP contribution in [0.25, 0.3) is 5.69 Å². The molecule has 1 aliphatic heterocycles. The number of carbonyl (C=O) groups is 1. The molecule has 6 heteroatoms. The first-order valence-electron chi connectivity index (χ1n) is 11.4. The summed E-state index contributed by atoms with van der Waals surface area (Å²) >= 11 is 0. The highest BCUT2D eigenvalue weighted by atomic mass is 16.5. The Morgan fingerprint density at radius 1 is 1.03 bits per heavy atom. The predicted octanol–water partition coefficient (Wildman–Crippen LogP) is 4.31. The molecule has 0 spiro atoms. The summed E-state index contributed by atoms with van der Waals surface area (Å²) in [6, 6.07) is 16.3. The quantitative estimate of drug-likeness (QED) is 0.455. The molecule has 172 valence electrons. The van der Waals surface area contributed by atoms with Crippen LogP contribution < -0.4 is 5.43 Å². The van der Waals surface area contributed by atoms with E-state index in [9.17, 15) is 4.79 Å². The number of rotatable bonds is 6. The van der Waals surface area contributed by atoms with Crippen LogP contribution in [0.1, 0.15) is 44.0 Å². The molecule has 1 saturated heterocycles. The first-order chi connectivity index (χ1) is 15.9. The monoisotopic (exact) mass is 444 g/mol. The van der Waals surface area contributed by atoms with Gasteiger partial charge in [-0.2, -0.15) is 5.10 Å². The number of aryl methyl sites for hydroxylation is 3. The second-order valence-corrected chi connectivity index (χ2v) is 8.74. The number of hydrazone groups is 1. The van der Waals surface area contributed by atoms with Gasteiger partial charge in [-0.05, 0) is 63.1 Å². The fourth-order valence-electron chi connectivity index (χ4n) is 4.35. The maximum atomic E-state index is 12.5. The minimum absolute atomic E-state index is 0.215. The van der Waals surface area contributed by atoms with E-state index in [4.69, 9.17) is 4.74 Å². The lowest BCUT2D eigenvalue weighted by atomic mass is 10.1. The van der Waals surface area contributed by atoms with Gasteiger partial charge < -0.3 is 9.30 Å². The Bertz CT molecular complexity index is 1160. The Morgan fingerprint density at radius 3 is 2.45 bits per heavy atom. The van der Waals surface area contributed by atoms with E-state index in [0.717, 1.165) is 55.5 Å². The molecule has 1 fully saturated rings. The highest BCUT2D eigenvalue weighted by Crippen LogP contribution is 2.23. The SMILES string of the molecule is Cc1ccc(-n2c(C)cc(/C=N\NC(=O)c3ccc(CN4CCOCC4)cc3)c2C)c(C)c1. The van der Waals surface area contributed by atoms with Gasteiger partial charge in [0.15, 0.2) is 0 Å². The van der Waals surface area contributed by atoms with Crippen molar-refractivity contribution in [2.45, 2.75) is 34.2 Å². The van der Waals surface area contributed by atoms with E-state index in [-0.39, 0.29) is 5.91 Å². The van der Waals surface area contributed by atoms with Crippen molar-refractivity contribution in [2.75, 3.05) is 26.3 Å². The predicted molar refractivity (Wildman–Crippen MR) is 132 cm³/mol. The zero-order valence-electron chi connectivity index (χ0n) is 19.9. The van der Waals surface area contributed by atoms with E-state index in [1.807, 2.05) is 24.3 Å². The van der Waals surface area contributed by atoms with Crippen molar-refractivity contribution in [2.24, 2.45) is 5.10 Å². The second-order valence-electron chi connectivity index (χ2n) is 8.74. The molecule has 2 aromatic carbocycles. The van der Waals surface area contributed by atoms with E-state index in [2.05, 4.69) is 72.0 Å². The molecule has 1 aromatic heterocycles. The maximum absolute atomic E-state index is 12.5. The van der Waals surface area contributed by atoms with Gasteiger partial charge in [0.2, 0.25) is 0 Å². The summed E-state index contributed by atoms with van der Waals surface area (Å²) in [7, 11) is 0. The maximum Gasteiger partial charge on any atom is 0.271 e. The molecule has 6 nitrogen and oxygen atoms in total. The van der Waals surface area contributed by atoms with Gasteiger partial charge >= 0.3 is 0 Å². The van der Waals surface area contributed by atoms with Crippen molar-refractivity contribution in [3.05, 3.63) is 87.7 Å². The van der Waals surface area contributed by atoms with Gasteiger partial charge in [-0.3, -0.25) is 9.69 Å². The first-order valence-corrected chi connectivity index (χ1v) is 11.4. The number of morpholine rings is 1. The van der Waals surface area contributed by atoms with Crippen molar-refractivity contribution in [1.29, 1.82) is 0 Å². The molecular weight excluding hydrogens is 412 g/mol. The highest BCUT2D eigenvalue weighted by Gasteiger charge is 2.13. The van der Waals surface area contributed by atoms with Gasteiger partial charge in [-0.15, -0.1) is 0 Å². The summed E-state index contributed by atoms with van der Waals surface area (Å²) in [5, 5.41) is 4.22. The molecule has 0 saturated carbocycles. The fraction of sp³-hybridized carbons (Fsp3) is 0.333. The number of nitrogens with zero attached hydrogens (tertiary/aromatic N) is 3. The molecule has 3 aromatic rings. The van der Waals surface area contributed by atoms with Crippen LogP contribution >= 0.6 is 0 Å². The number of hydrogen-bond donors (Lipinski definition) is 1. The van der Waals surface area contributed by atoms with Gasteiger partial charge in [0.25, 0.3) is 5.91 Å². The van der Waals surface area contributed by atoms with Crippen molar-refractivity contribution in [3.8, 4) is 5.69 Å². The third-order valence-electron chi connectivity index (χ3n) is 6.16. The fourth-order valence-corrected chi connectivity index (χ4v) is 4.35. The zero-order valence-corrected chi connectivity index (χ0v) is 19.9. The topological polar surface area (TPSA) is 58.9 Å². The molecule has 2 heterocycles. The van der Waals surface area contributed by atoms with E-state index in [0.29, 0.717) is 5.56 Å². The van der Waals surface area contributed by atoms with Crippen LogP contribution in [-0.2, 0) is 11.3 Å². The van der Waals surface area contributed by atoms with Crippen LogP contribution in [0.3, 0.4) is 0 Å². The first kappa shape index (κ1) is 23.0. The number of aromatic nitrogens is 1. The summed E-state index contributed by atoms with van der Waals surface area (Å²) < 4.78 is 7.62. The smallest absolute Gasteiger partial charge is 0.271 e. The van der Waals surface area contributed by atoms with E-state index >= 15 is 0 Å². The lowest BCUT2D eigenvalue weighted by Gasteiger charge is -2.26. The van der Waals surface area contributed by atoms with Crippen molar-refractivity contribution in [1.82, 2.24) is 14.9 Å². The summed E-state index contributed by atoms with van der Waals surface area (Å²) in [4.78, 5) is 14.9. The Kier molecular flexibility index (Phi) is 7.06. The molecule has 0 atom stereocenters. The normalized spacial score (nSPS) is 14.7. The number of amides is 1. The number of hydrogen-bond acceptors (Lipinski definition) is 4. The third kappa shape index (κ3) is 5.41. The van der Waals surface area contributed by atoms with Crippen molar-refractivity contribution in [3.63, 3.8) is 0 Å². The molecular formula is C27H32N4O2. The molecule has 0 radical (unpaired) electrons. The van der Waals surface area contributed by atoms with Crippen LogP contribution in [-0.4, -0.2) is 47.9 Å². The van der Waals surface area contributed by atoms with Gasteiger partial charge in [0.05, 0.1) is 19.4 Å². The molecule has 0 bridgehead atoms. The lowest BCUT2D eigenvalue weighted by molar-refractivity contribution is 0.0342. The summed E-state index contributed by atoms with van der Waals surface area (Å²) in [5.41, 5.74) is 11.3. The van der Waals surface area contributed by atoms with Crippen LogP contribution in [0, 0.1) is 27.7 Å². The average molecular weight is 445 g/mol. The van der Waals surface area contributed by atoms with Gasteiger partial charge in [0.1, 0.15) is 0 Å². The van der Waals surface area contributed by atoms with Gasteiger partial charge in [0, 0.05) is 47.8 Å². The number of nitrogens with one attached hydrogen (secondary N) is 1. The largest absolute Gasteiger partial charge is 0.379 e. The van der Waals surface area contributed by atoms with Gasteiger partial charge in [-0.25, -0.2) is 5.43 Å². The van der Waals surface area contributed by atoms with E-state index in [1.165, 1.54) is 16.7 Å². The van der Waals surface area contributed by atoms with Crippen LogP contribution in [0.5, 0.6) is 0 Å². The molecule has 4 rings (SSSR count). The van der Waals surface area contributed by atoms with Crippen molar-refractivity contribution < 1.29 is 9.53 Å². The Labute approximate surface area is 195 Å². The minimum atomic E-state index is -0.215. The van der Waals surface area contributed by atoms with E-state index in [1.54, 1.807) is 6.21 Å². The van der Waals surface area contributed by atoms with Crippen LogP contribution in [0.15, 0.2) is 53.6 Å². The van der Waals surface area contributed by atoms with Crippen LogP contribution in [0.4, 0.5) is 0 Å². The number of carbonyl (C=O) groups excluding carboxylic acids is 1. The Balaban J connectivity index is 1.40. The minimum Gasteiger partial charge on any atom is -0.379 e. The van der Waals surface area contributed by atoms with Crippen LogP contribution in [0.2, 0.25) is 0 Å². The molecule has 33 heavy (non-hydrogen) atoms. The number of benzene rings is 2. The molecule has 1 amide bonds. The Hall–Kier alpha value is -3.22. The molecule has 0 unspecified atom stereocenters. The third-order valence-corrected chi connectivity index (χ3v) is 6.16. The highest BCUT2D eigenvalue weighted by molar-refractivity contribution is 5.95. The molecule has 1 N–H and O–H groups in total. The summed E-state index contributed by atoms with van der Waals surface area (Å²) in [6.45, 7) is 12.7. The summed E-state index contributed by atoms with van der Waals surface area (Å²) in [5.74, 6) is -0.215. The lowest BCUT2D eigenvalue weighted by Crippen LogP contribution is -2.35. The van der Waals surface area contributed by atoms with E-state index < -0.39 is 0 Å². The Morgan fingerprint density at radius 2 is 1.76 bits per heavy atom. The molecule has 0 aliphatic carbocycles. The van der Waals surface area contributed by atoms with Gasteiger partial charge in [-0.1, -0.05) is 29.8 Å². The second kappa shape index (κ2) is 10.1. The standard InChI is InChI=1S/C27H32N4O2/c1-19-5-10-26(20(2)15-19)31-21(3)16-25(22(31)4)17-28-29-27(32)24-8-6-23(7-9-24)18-30-11-13-33-14-12-30/h5-10,15-17H,11-14,18H2,1-4H3,(H,29,32)/b28-17-.